The minimum absolute atomic E-state index is 0.0195. The number of aromatic nitrogens is 3. The van der Waals surface area contributed by atoms with Crippen molar-refractivity contribution in [1.29, 1.82) is 0 Å². The van der Waals surface area contributed by atoms with E-state index in [0.29, 0.717) is 27.8 Å². The monoisotopic (exact) mass is 555 g/mol. The number of anilines is 1. The van der Waals surface area contributed by atoms with Crippen molar-refractivity contribution in [2.75, 3.05) is 31.1 Å². The fraction of sp³-hybridized carbons (Fsp3) is 0.350. The van der Waals surface area contributed by atoms with Crippen LogP contribution in [0.4, 0.5) is 32.0 Å². The van der Waals surface area contributed by atoms with Crippen LogP contribution in [0.1, 0.15) is 11.3 Å². The number of halogens is 7. The first-order valence-electron chi connectivity index (χ1n) is 10.2. The largest absolute Gasteiger partial charge is 0.511 e. The highest BCUT2D eigenvalue weighted by molar-refractivity contribution is 7.90. The fourth-order valence-electron chi connectivity index (χ4n) is 3.69. The molecule has 0 spiro atoms. The Morgan fingerprint density at radius 3 is 2.22 bits per heavy atom. The summed E-state index contributed by atoms with van der Waals surface area (Å²) >= 11 is 5.93. The van der Waals surface area contributed by atoms with Gasteiger partial charge in [-0.05, 0) is 24.3 Å². The van der Waals surface area contributed by atoms with E-state index >= 15 is 0 Å². The Balaban J connectivity index is 1.57. The highest BCUT2D eigenvalue weighted by Gasteiger charge is 2.50. The molecule has 0 saturated carbocycles. The molecule has 1 saturated heterocycles. The fourth-order valence-corrected chi connectivity index (χ4v) is 4.85. The molecule has 3 heterocycles. The second-order valence-corrected chi connectivity index (χ2v) is 10.2. The molecule has 1 aromatic carbocycles. The van der Waals surface area contributed by atoms with Crippen LogP contribution in [0, 0.1) is 0 Å². The zero-order chi connectivity index (χ0) is 26.5. The van der Waals surface area contributed by atoms with Gasteiger partial charge in [-0.15, -0.1) is 0 Å². The molecule has 0 radical (unpaired) electrons. The standard InChI is InChI=1S/C20H16ClF6N5O3S/c21-15-7-12(19(22,23)24)9-28-17(15)10-31-11-29-16-2-1-13(8-14(16)18(31)33)30-3-5-32(6-4-30)36(34,35)20(25,26)27/h1-2,7-9,11H,3-6,10H2. The molecular weight excluding hydrogens is 540 g/mol. The van der Waals surface area contributed by atoms with E-state index in [-0.39, 0.29) is 35.7 Å². The SMILES string of the molecule is O=c1c2cc(N3CCN(S(=O)(=O)C(F)(F)F)CC3)ccc2ncn1Cc1ncc(C(F)(F)F)cc1Cl. The van der Waals surface area contributed by atoms with Crippen molar-refractivity contribution in [2.24, 2.45) is 0 Å². The minimum Gasteiger partial charge on any atom is -0.369 e. The summed E-state index contributed by atoms with van der Waals surface area (Å²) in [6, 6.07) is 5.30. The Kier molecular flexibility index (Phi) is 6.68. The number of nitrogens with zero attached hydrogens (tertiary/aromatic N) is 5. The maximum absolute atomic E-state index is 13.0. The maximum atomic E-state index is 13.0. The third-order valence-corrected chi connectivity index (χ3v) is 7.57. The van der Waals surface area contributed by atoms with Crippen LogP contribution in [0.3, 0.4) is 0 Å². The molecule has 16 heteroatoms. The Morgan fingerprint density at radius 2 is 1.64 bits per heavy atom. The van der Waals surface area contributed by atoms with Crippen LogP contribution in [0.5, 0.6) is 0 Å². The van der Waals surface area contributed by atoms with Crippen LogP contribution in [-0.2, 0) is 22.7 Å². The maximum Gasteiger partial charge on any atom is 0.511 e. The van der Waals surface area contributed by atoms with Gasteiger partial charge in [-0.3, -0.25) is 14.3 Å². The summed E-state index contributed by atoms with van der Waals surface area (Å²) in [7, 11) is -5.43. The molecule has 0 atom stereocenters. The van der Waals surface area contributed by atoms with Crippen molar-refractivity contribution in [1.82, 2.24) is 18.8 Å². The molecule has 8 nitrogen and oxygen atoms in total. The number of sulfonamides is 1. The molecule has 4 rings (SSSR count). The van der Waals surface area contributed by atoms with E-state index in [1.54, 1.807) is 11.0 Å². The molecule has 1 fully saturated rings. The van der Waals surface area contributed by atoms with E-state index in [4.69, 9.17) is 11.6 Å². The summed E-state index contributed by atoms with van der Waals surface area (Å²) in [5, 5.41) is -0.138. The summed E-state index contributed by atoms with van der Waals surface area (Å²) in [4.78, 5) is 22.6. The Bertz CT molecular complexity index is 1470. The Labute approximate surface area is 204 Å². The van der Waals surface area contributed by atoms with Crippen LogP contribution < -0.4 is 10.5 Å². The van der Waals surface area contributed by atoms with Crippen LogP contribution in [0.25, 0.3) is 10.9 Å². The number of hydrogen-bond acceptors (Lipinski definition) is 6. The van der Waals surface area contributed by atoms with Gasteiger partial charge in [0.05, 0.1) is 40.1 Å². The molecule has 0 aliphatic carbocycles. The average Bonchev–Trinajstić information content (AvgIpc) is 2.80. The molecule has 0 unspecified atom stereocenters. The number of alkyl halides is 6. The van der Waals surface area contributed by atoms with Crippen molar-refractivity contribution in [2.45, 2.75) is 18.2 Å². The predicted molar refractivity (Wildman–Crippen MR) is 118 cm³/mol. The Morgan fingerprint density at radius 1 is 0.972 bits per heavy atom. The molecule has 36 heavy (non-hydrogen) atoms. The highest BCUT2D eigenvalue weighted by atomic mass is 35.5. The lowest BCUT2D eigenvalue weighted by Gasteiger charge is -2.35. The molecule has 1 aliphatic heterocycles. The number of hydrogen-bond donors (Lipinski definition) is 0. The minimum atomic E-state index is -5.43. The summed E-state index contributed by atoms with van der Waals surface area (Å²) in [5.41, 5.74) is -6.17. The number of pyridine rings is 1. The molecule has 194 valence electrons. The Hall–Kier alpha value is -2.91. The lowest BCUT2D eigenvalue weighted by Crippen LogP contribution is -2.52. The van der Waals surface area contributed by atoms with Gasteiger partial charge in [-0.2, -0.15) is 30.6 Å². The van der Waals surface area contributed by atoms with E-state index < -0.39 is 45.9 Å². The van der Waals surface area contributed by atoms with Crippen LogP contribution in [-0.4, -0.2) is 58.9 Å². The quantitative estimate of drug-likeness (QED) is 0.458. The van der Waals surface area contributed by atoms with Gasteiger partial charge in [0, 0.05) is 38.1 Å². The second-order valence-electron chi connectivity index (χ2n) is 7.87. The van der Waals surface area contributed by atoms with E-state index in [1.807, 2.05) is 0 Å². The summed E-state index contributed by atoms with van der Waals surface area (Å²) in [6.45, 7) is -1.12. The summed E-state index contributed by atoms with van der Waals surface area (Å²) in [6.07, 6.45) is -2.83. The average molecular weight is 556 g/mol. The summed E-state index contributed by atoms with van der Waals surface area (Å²) in [5.74, 6) is 0. The first-order chi connectivity index (χ1) is 16.7. The van der Waals surface area contributed by atoms with Crippen molar-refractivity contribution < 1.29 is 34.8 Å². The number of rotatable bonds is 4. The highest BCUT2D eigenvalue weighted by Crippen LogP contribution is 2.31. The van der Waals surface area contributed by atoms with E-state index in [2.05, 4.69) is 9.97 Å². The zero-order valence-corrected chi connectivity index (χ0v) is 19.6. The van der Waals surface area contributed by atoms with Gasteiger partial charge in [-0.1, -0.05) is 11.6 Å². The second kappa shape index (κ2) is 9.19. The smallest absolute Gasteiger partial charge is 0.369 e. The molecule has 0 amide bonds. The van der Waals surface area contributed by atoms with Crippen molar-refractivity contribution in [3.63, 3.8) is 0 Å². The topological polar surface area (TPSA) is 88.4 Å². The summed E-state index contributed by atoms with van der Waals surface area (Å²) < 4.78 is 102. The molecule has 0 N–H and O–H groups in total. The zero-order valence-electron chi connectivity index (χ0n) is 18.0. The lowest BCUT2D eigenvalue weighted by atomic mass is 10.2. The molecule has 2 aromatic heterocycles. The third kappa shape index (κ3) is 4.99. The van der Waals surface area contributed by atoms with Gasteiger partial charge in [0.25, 0.3) is 5.56 Å². The number of fused-ring (bicyclic) bond motifs is 1. The van der Waals surface area contributed by atoms with Crippen LogP contribution in [0.2, 0.25) is 5.02 Å². The van der Waals surface area contributed by atoms with Crippen molar-refractivity contribution >= 4 is 38.2 Å². The predicted octanol–water partition coefficient (Wildman–Crippen LogP) is 3.48. The molecule has 1 aliphatic rings. The lowest BCUT2D eigenvalue weighted by molar-refractivity contribution is -0.137. The molecule has 3 aromatic rings. The van der Waals surface area contributed by atoms with Gasteiger partial charge < -0.3 is 4.90 Å². The van der Waals surface area contributed by atoms with Gasteiger partial charge >= 0.3 is 21.7 Å². The van der Waals surface area contributed by atoms with E-state index in [9.17, 15) is 39.6 Å². The molecular formula is C20H16ClF6N5O3S. The van der Waals surface area contributed by atoms with Crippen LogP contribution in [0.15, 0.2) is 41.6 Å². The first-order valence-corrected chi connectivity index (χ1v) is 12.0. The van der Waals surface area contributed by atoms with Gasteiger partial charge in [0.2, 0.25) is 0 Å². The van der Waals surface area contributed by atoms with Crippen LogP contribution >= 0.6 is 11.6 Å². The number of benzene rings is 1. The molecule has 0 bridgehead atoms. The first kappa shape index (κ1) is 26.2. The normalized spacial score (nSPS) is 16.0. The van der Waals surface area contributed by atoms with Gasteiger partial charge in [0.1, 0.15) is 0 Å². The van der Waals surface area contributed by atoms with Gasteiger partial charge in [-0.25, -0.2) is 13.4 Å². The number of piperazine rings is 1. The van der Waals surface area contributed by atoms with Gasteiger partial charge in [0.15, 0.2) is 0 Å². The third-order valence-electron chi connectivity index (χ3n) is 5.61. The van der Waals surface area contributed by atoms with E-state index in [0.717, 1.165) is 4.57 Å². The van der Waals surface area contributed by atoms with E-state index in [1.165, 1.54) is 18.5 Å². The van der Waals surface area contributed by atoms with Crippen molar-refractivity contribution in [3.05, 3.63) is 63.4 Å². The van der Waals surface area contributed by atoms with Crippen molar-refractivity contribution in [3.8, 4) is 0 Å².